The summed E-state index contributed by atoms with van der Waals surface area (Å²) < 4.78 is 0. The Hall–Kier alpha value is -1.16. The van der Waals surface area contributed by atoms with Gasteiger partial charge in [-0.15, -0.1) is 0 Å². The minimum atomic E-state index is -0.103. The van der Waals surface area contributed by atoms with Crippen molar-refractivity contribution in [3.05, 3.63) is 29.3 Å². The molecule has 0 aliphatic heterocycles. The highest BCUT2D eigenvalue weighted by molar-refractivity contribution is 7.98. The van der Waals surface area contributed by atoms with Gasteiger partial charge in [-0.2, -0.15) is 11.8 Å². The topological polar surface area (TPSA) is 49.3 Å². The normalized spacial score (nSPS) is 10.3. The maximum absolute atomic E-state index is 11.9. The van der Waals surface area contributed by atoms with E-state index in [1.165, 1.54) is 12.2 Å². The van der Waals surface area contributed by atoms with Gasteiger partial charge in [-0.25, -0.2) is 0 Å². The van der Waals surface area contributed by atoms with Crippen LogP contribution in [0.5, 0.6) is 5.75 Å². The van der Waals surface area contributed by atoms with Gasteiger partial charge in [0, 0.05) is 17.7 Å². The summed E-state index contributed by atoms with van der Waals surface area (Å²) in [5.41, 5.74) is 1.19. The molecule has 4 heteroatoms. The lowest BCUT2D eigenvalue weighted by Crippen LogP contribution is -2.25. The Morgan fingerprint density at radius 1 is 1.33 bits per heavy atom. The molecule has 1 aromatic carbocycles. The Labute approximate surface area is 113 Å². The van der Waals surface area contributed by atoms with Crippen molar-refractivity contribution in [1.29, 1.82) is 0 Å². The smallest absolute Gasteiger partial charge is 0.251 e. The molecule has 0 bridgehead atoms. The zero-order valence-electron chi connectivity index (χ0n) is 11.0. The first kappa shape index (κ1) is 14.9. The third kappa shape index (κ3) is 4.61. The maximum atomic E-state index is 11.9. The second-order valence-electron chi connectivity index (χ2n) is 4.26. The van der Waals surface area contributed by atoms with E-state index in [9.17, 15) is 9.90 Å². The minimum absolute atomic E-state index is 0.103. The molecule has 0 spiro atoms. The number of phenolic OH excluding ortho intramolecular Hbond substituents is 1. The number of amides is 1. The lowest BCUT2D eigenvalue weighted by Gasteiger charge is -2.08. The largest absolute Gasteiger partial charge is 0.508 e. The number of benzene rings is 1. The monoisotopic (exact) mass is 267 g/mol. The average molecular weight is 267 g/mol. The number of unbranched alkanes of at least 4 members (excludes halogenated alkanes) is 2. The lowest BCUT2D eigenvalue weighted by molar-refractivity contribution is 0.0952. The molecule has 1 amide bonds. The van der Waals surface area contributed by atoms with Gasteiger partial charge in [0.2, 0.25) is 0 Å². The van der Waals surface area contributed by atoms with Gasteiger partial charge in [0.1, 0.15) is 5.75 Å². The van der Waals surface area contributed by atoms with E-state index in [1.807, 2.05) is 11.8 Å². The number of hydrogen-bond acceptors (Lipinski definition) is 3. The maximum Gasteiger partial charge on any atom is 0.251 e. The highest BCUT2D eigenvalue weighted by Crippen LogP contribution is 2.19. The highest BCUT2D eigenvalue weighted by Gasteiger charge is 2.10. The second-order valence-corrected chi connectivity index (χ2v) is 5.24. The van der Waals surface area contributed by atoms with Crippen molar-refractivity contribution in [2.75, 3.05) is 18.6 Å². The van der Waals surface area contributed by atoms with Crippen LogP contribution in [0, 0.1) is 6.92 Å². The van der Waals surface area contributed by atoms with Crippen molar-refractivity contribution in [3.8, 4) is 5.75 Å². The molecule has 0 saturated heterocycles. The Balaban J connectivity index is 2.35. The SMILES string of the molecule is CSCCCCCNC(=O)c1cccc(O)c1C. The van der Waals surface area contributed by atoms with E-state index >= 15 is 0 Å². The van der Waals surface area contributed by atoms with Crippen LogP contribution in [-0.4, -0.2) is 29.6 Å². The number of phenols is 1. The third-order valence-electron chi connectivity index (χ3n) is 2.86. The van der Waals surface area contributed by atoms with Gasteiger partial charge in [-0.3, -0.25) is 4.79 Å². The number of hydrogen-bond donors (Lipinski definition) is 2. The van der Waals surface area contributed by atoms with Crippen molar-refractivity contribution in [3.63, 3.8) is 0 Å². The van der Waals surface area contributed by atoms with Crippen LogP contribution in [0.25, 0.3) is 0 Å². The summed E-state index contributed by atoms with van der Waals surface area (Å²) in [7, 11) is 0. The average Bonchev–Trinajstić information content (AvgIpc) is 2.36. The fourth-order valence-corrected chi connectivity index (χ4v) is 2.21. The van der Waals surface area contributed by atoms with E-state index in [0.29, 0.717) is 17.7 Å². The molecule has 0 aliphatic rings. The van der Waals surface area contributed by atoms with Gasteiger partial charge in [0.25, 0.3) is 5.91 Å². The quantitative estimate of drug-likeness (QED) is 0.747. The first-order valence-corrected chi connectivity index (χ1v) is 7.62. The van der Waals surface area contributed by atoms with E-state index in [2.05, 4.69) is 11.6 Å². The Morgan fingerprint density at radius 2 is 2.11 bits per heavy atom. The van der Waals surface area contributed by atoms with E-state index in [0.717, 1.165) is 12.8 Å². The molecular formula is C14H21NO2S. The molecule has 1 aromatic rings. The van der Waals surface area contributed by atoms with Gasteiger partial charge in [-0.05, 0) is 43.9 Å². The number of aromatic hydroxyl groups is 1. The summed E-state index contributed by atoms with van der Waals surface area (Å²) in [6.45, 7) is 2.45. The summed E-state index contributed by atoms with van der Waals surface area (Å²) in [5, 5.41) is 12.4. The fourth-order valence-electron chi connectivity index (χ4n) is 1.71. The summed E-state index contributed by atoms with van der Waals surface area (Å²) in [6.07, 6.45) is 5.44. The Kier molecular flexibility index (Phi) is 6.65. The molecule has 3 nitrogen and oxygen atoms in total. The van der Waals surface area contributed by atoms with Crippen molar-refractivity contribution < 1.29 is 9.90 Å². The van der Waals surface area contributed by atoms with Crippen molar-refractivity contribution in [1.82, 2.24) is 5.32 Å². The third-order valence-corrected chi connectivity index (χ3v) is 3.56. The van der Waals surface area contributed by atoms with Gasteiger partial charge in [0.15, 0.2) is 0 Å². The molecule has 0 aromatic heterocycles. The first-order chi connectivity index (χ1) is 8.66. The van der Waals surface area contributed by atoms with E-state index in [1.54, 1.807) is 25.1 Å². The van der Waals surface area contributed by atoms with Gasteiger partial charge in [0.05, 0.1) is 0 Å². The van der Waals surface area contributed by atoms with Crippen LogP contribution in [-0.2, 0) is 0 Å². The second kappa shape index (κ2) is 8.03. The van der Waals surface area contributed by atoms with Crippen LogP contribution in [0.4, 0.5) is 0 Å². The number of carbonyl (C=O) groups is 1. The first-order valence-electron chi connectivity index (χ1n) is 6.22. The standard InChI is InChI=1S/C14H21NO2S/c1-11-12(7-6-8-13(11)16)14(17)15-9-4-3-5-10-18-2/h6-8,16H,3-5,9-10H2,1-2H3,(H,15,17). The zero-order valence-corrected chi connectivity index (χ0v) is 11.8. The molecule has 1 rings (SSSR count). The highest BCUT2D eigenvalue weighted by atomic mass is 32.2. The van der Waals surface area contributed by atoms with Crippen molar-refractivity contribution in [2.45, 2.75) is 26.2 Å². The van der Waals surface area contributed by atoms with Crippen LogP contribution in [0.15, 0.2) is 18.2 Å². The van der Waals surface area contributed by atoms with E-state index in [-0.39, 0.29) is 11.7 Å². The fraction of sp³-hybridized carbons (Fsp3) is 0.500. The molecule has 2 N–H and O–H groups in total. The van der Waals surface area contributed by atoms with Crippen LogP contribution in [0.1, 0.15) is 35.2 Å². The van der Waals surface area contributed by atoms with E-state index in [4.69, 9.17) is 0 Å². The Morgan fingerprint density at radius 3 is 2.83 bits per heavy atom. The summed E-state index contributed by atoms with van der Waals surface area (Å²) in [6, 6.07) is 5.02. The van der Waals surface area contributed by atoms with Gasteiger partial charge >= 0.3 is 0 Å². The number of rotatable bonds is 7. The van der Waals surface area contributed by atoms with Gasteiger partial charge < -0.3 is 10.4 Å². The molecule has 100 valence electrons. The van der Waals surface area contributed by atoms with Crippen LogP contribution in [0.3, 0.4) is 0 Å². The predicted molar refractivity (Wildman–Crippen MR) is 77.4 cm³/mol. The molecule has 0 unspecified atom stereocenters. The Bertz CT molecular complexity index is 393. The summed E-state index contributed by atoms with van der Waals surface area (Å²) in [4.78, 5) is 11.9. The molecule has 18 heavy (non-hydrogen) atoms. The van der Waals surface area contributed by atoms with Gasteiger partial charge in [-0.1, -0.05) is 12.5 Å². The van der Waals surface area contributed by atoms with Crippen LogP contribution < -0.4 is 5.32 Å². The molecular weight excluding hydrogens is 246 g/mol. The molecule has 0 aliphatic carbocycles. The molecule has 0 atom stereocenters. The number of thioether (sulfide) groups is 1. The minimum Gasteiger partial charge on any atom is -0.508 e. The number of nitrogens with one attached hydrogen (secondary N) is 1. The van der Waals surface area contributed by atoms with Crippen molar-refractivity contribution in [2.24, 2.45) is 0 Å². The van der Waals surface area contributed by atoms with Crippen LogP contribution in [0.2, 0.25) is 0 Å². The molecule has 0 fully saturated rings. The van der Waals surface area contributed by atoms with Crippen molar-refractivity contribution >= 4 is 17.7 Å². The molecule has 0 heterocycles. The summed E-state index contributed by atoms with van der Waals surface area (Å²) >= 11 is 1.85. The molecule has 0 saturated carbocycles. The van der Waals surface area contributed by atoms with E-state index < -0.39 is 0 Å². The zero-order chi connectivity index (χ0) is 13.4. The number of carbonyl (C=O) groups excluding carboxylic acids is 1. The summed E-state index contributed by atoms with van der Waals surface area (Å²) in [5.74, 6) is 1.25. The predicted octanol–water partition coefficient (Wildman–Crippen LogP) is 2.96. The lowest BCUT2D eigenvalue weighted by atomic mass is 10.1. The van der Waals surface area contributed by atoms with Crippen LogP contribution >= 0.6 is 11.8 Å². The molecule has 0 radical (unpaired) electrons.